The second-order valence-electron chi connectivity index (χ2n) is 7.37. The number of nitrogens with zero attached hydrogens (tertiary/aromatic N) is 1. The monoisotopic (exact) mass is 423 g/mol. The highest BCUT2D eigenvalue weighted by atomic mass is 35.5. The van der Waals surface area contributed by atoms with Gasteiger partial charge in [0.1, 0.15) is 11.5 Å². The number of hydrogen-bond donors (Lipinski definition) is 2. The quantitative estimate of drug-likeness (QED) is 0.431. The van der Waals surface area contributed by atoms with Crippen LogP contribution in [0, 0.1) is 12.3 Å². The van der Waals surface area contributed by atoms with Gasteiger partial charge in [0, 0.05) is 22.6 Å². The summed E-state index contributed by atoms with van der Waals surface area (Å²) in [5.41, 5.74) is 9.05. The topological polar surface area (TPSA) is 107 Å². The Morgan fingerprint density at radius 2 is 2.00 bits per heavy atom. The molecule has 0 saturated heterocycles. The number of rotatable bonds is 3. The summed E-state index contributed by atoms with van der Waals surface area (Å²) in [7, 11) is 0. The lowest BCUT2D eigenvalue weighted by atomic mass is 9.75. The number of nitrogens with two attached hydrogens (primary N) is 1. The highest BCUT2D eigenvalue weighted by Crippen LogP contribution is 2.39. The van der Waals surface area contributed by atoms with Gasteiger partial charge >= 0.3 is 12.0 Å². The molecule has 1 aromatic carbocycles. The molecule has 0 spiro atoms. The van der Waals surface area contributed by atoms with Gasteiger partial charge in [-0.05, 0) is 37.0 Å². The van der Waals surface area contributed by atoms with Crippen molar-refractivity contribution >= 4 is 40.9 Å². The van der Waals surface area contributed by atoms with E-state index >= 15 is 0 Å². The number of carbonyl (C=O) groups is 2. The van der Waals surface area contributed by atoms with Crippen molar-refractivity contribution in [1.82, 2.24) is 5.43 Å². The number of hydrogen-bond acceptors (Lipinski definition) is 5. The molecule has 7 nitrogen and oxygen atoms in total. The van der Waals surface area contributed by atoms with Gasteiger partial charge in [0.2, 0.25) is 5.76 Å². The van der Waals surface area contributed by atoms with Gasteiger partial charge < -0.3 is 14.9 Å². The Hall–Kier alpha value is -2.51. The van der Waals surface area contributed by atoms with E-state index in [9.17, 15) is 9.59 Å². The summed E-state index contributed by atoms with van der Waals surface area (Å²) in [6.07, 6.45) is 1.19. The van der Waals surface area contributed by atoms with E-state index < -0.39 is 12.0 Å². The molecule has 28 heavy (non-hydrogen) atoms. The van der Waals surface area contributed by atoms with Crippen LogP contribution >= 0.6 is 23.2 Å². The van der Waals surface area contributed by atoms with Crippen LogP contribution in [-0.4, -0.2) is 17.7 Å². The summed E-state index contributed by atoms with van der Waals surface area (Å²) in [4.78, 5) is 23.7. The molecule has 0 aliphatic heterocycles. The highest BCUT2D eigenvalue weighted by Gasteiger charge is 2.36. The molecule has 3 rings (SSSR count). The molecule has 0 bridgehead atoms. The van der Waals surface area contributed by atoms with Crippen LogP contribution in [-0.2, 0) is 6.42 Å². The molecule has 0 unspecified atom stereocenters. The summed E-state index contributed by atoms with van der Waals surface area (Å²) in [5.74, 6) is 0.152. The Morgan fingerprint density at radius 3 is 2.64 bits per heavy atom. The van der Waals surface area contributed by atoms with Crippen molar-refractivity contribution in [3.05, 3.63) is 50.9 Å². The first-order valence-corrected chi connectivity index (χ1v) is 9.25. The van der Waals surface area contributed by atoms with Crippen LogP contribution in [0.2, 0.25) is 10.0 Å². The van der Waals surface area contributed by atoms with E-state index in [1.54, 1.807) is 13.0 Å². The Labute approximate surface area is 171 Å². The zero-order valence-electron chi connectivity index (χ0n) is 15.6. The van der Waals surface area contributed by atoms with Gasteiger partial charge in [0.05, 0.1) is 10.7 Å². The van der Waals surface area contributed by atoms with E-state index in [0.717, 1.165) is 0 Å². The van der Waals surface area contributed by atoms with Crippen LogP contribution < -0.4 is 15.9 Å². The number of benzene rings is 1. The number of fused-ring (bicyclic) bond motifs is 1. The van der Waals surface area contributed by atoms with Gasteiger partial charge in [0.15, 0.2) is 0 Å². The van der Waals surface area contributed by atoms with Gasteiger partial charge in [-0.25, -0.2) is 15.0 Å². The van der Waals surface area contributed by atoms with Crippen molar-refractivity contribution in [2.45, 2.75) is 33.6 Å². The molecule has 0 saturated carbocycles. The number of nitrogens with one attached hydrogen (secondary N) is 1. The maximum absolute atomic E-state index is 12.7. The molecule has 148 valence electrons. The second-order valence-corrected chi connectivity index (χ2v) is 8.21. The van der Waals surface area contributed by atoms with E-state index in [-0.39, 0.29) is 21.9 Å². The van der Waals surface area contributed by atoms with E-state index in [4.69, 9.17) is 38.1 Å². The number of primary amides is 1. The number of urea groups is 1. The van der Waals surface area contributed by atoms with Crippen LogP contribution in [0.15, 0.2) is 27.7 Å². The first kappa shape index (κ1) is 20.2. The van der Waals surface area contributed by atoms with Gasteiger partial charge in [-0.2, -0.15) is 5.10 Å². The van der Waals surface area contributed by atoms with Crippen LogP contribution in [0.5, 0.6) is 5.75 Å². The largest absolute Gasteiger partial charge is 0.453 e. The van der Waals surface area contributed by atoms with E-state index in [1.165, 1.54) is 12.1 Å². The zero-order valence-corrected chi connectivity index (χ0v) is 17.1. The standard InChI is InChI=1S/C19H19Cl2N3O4/c1-9-15-12(23-24-18(22)26)7-19(2,3)8-14(15)27-16(9)17(25)28-13-5-4-10(20)6-11(13)21/h4-6H,7-8H2,1-3H3,(H3,22,24,26)/b23-12-. The maximum atomic E-state index is 12.7. The molecule has 0 fully saturated rings. The SMILES string of the molecule is Cc1c(C(=O)Oc2ccc(Cl)cc2Cl)oc2c1/C(=N\NC(N)=O)CC(C)(C)C2. The number of amides is 2. The van der Waals surface area contributed by atoms with Crippen molar-refractivity contribution in [2.75, 3.05) is 0 Å². The average Bonchev–Trinajstić information content (AvgIpc) is 2.90. The first-order chi connectivity index (χ1) is 13.1. The fourth-order valence-corrected chi connectivity index (χ4v) is 3.68. The molecule has 0 atom stereocenters. The molecular weight excluding hydrogens is 405 g/mol. The molecule has 1 aliphatic rings. The third kappa shape index (κ3) is 4.15. The van der Waals surface area contributed by atoms with Crippen molar-refractivity contribution in [3.8, 4) is 5.75 Å². The Kier molecular flexibility index (Phi) is 5.41. The highest BCUT2D eigenvalue weighted by molar-refractivity contribution is 6.35. The van der Waals surface area contributed by atoms with Crippen molar-refractivity contribution in [1.29, 1.82) is 0 Å². The molecule has 2 aromatic rings. The fraction of sp³-hybridized carbons (Fsp3) is 0.316. The molecule has 3 N–H and O–H groups in total. The summed E-state index contributed by atoms with van der Waals surface area (Å²) in [5, 5.41) is 4.75. The number of furan rings is 1. The fourth-order valence-electron chi connectivity index (χ4n) is 3.23. The number of halogens is 2. The Balaban J connectivity index is 1.97. The molecule has 9 heteroatoms. The normalized spacial score (nSPS) is 16.5. The maximum Gasteiger partial charge on any atom is 0.379 e. The first-order valence-electron chi connectivity index (χ1n) is 8.49. The van der Waals surface area contributed by atoms with Gasteiger partial charge in [-0.1, -0.05) is 37.0 Å². The van der Waals surface area contributed by atoms with Crippen molar-refractivity contribution in [2.24, 2.45) is 16.3 Å². The summed E-state index contributed by atoms with van der Waals surface area (Å²) in [6, 6.07) is 3.79. The molecule has 0 radical (unpaired) electrons. The summed E-state index contributed by atoms with van der Waals surface area (Å²) < 4.78 is 11.2. The lowest BCUT2D eigenvalue weighted by Crippen LogP contribution is -2.31. The predicted molar refractivity (Wildman–Crippen MR) is 106 cm³/mol. The van der Waals surface area contributed by atoms with Crippen molar-refractivity contribution < 1.29 is 18.7 Å². The van der Waals surface area contributed by atoms with E-state index in [0.29, 0.717) is 40.5 Å². The lowest BCUT2D eigenvalue weighted by molar-refractivity contribution is 0.0697. The average molecular weight is 424 g/mol. The van der Waals surface area contributed by atoms with E-state index in [1.807, 2.05) is 13.8 Å². The van der Waals surface area contributed by atoms with Gasteiger partial charge in [0.25, 0.3) is 0 Å². The number of hydrazone groups is 1. The number of carbonyl (C=O) groups excluding carboxylic acids is 2. The number of ether oxygens (including phenoxy) is 1. The van der Waals surface area contributed by atoms with Gasteiger partial charge in [-0.3, -0.25) is 0 Å². The molecule has 1 aliphatic carbocycles. The van der Waals surface area contributed by atoms with Crippen LogP contribution in [0.1, 0.15) is 47.7 Å². The lowest BCUT2D eigenvalue weighted by Gasteiger charge is -2.29. The minimum atomic E-state index is -0.768. The third-order valence-corrected chi connectivity index (χ3v) is 4.91. The van der Waals surface area contributed by atoms with Crippen LogP contribution in [0.4, 0.5) is 4.79 Å². The molecular formula is C19H19Cl2N3O4. The molecule has 1 heterocycles. The Bertz CT molecular complexity index is 995. The molecule has 2 amide bonds. The third-order valence-electron chi connectivity index (χ3n) is 4.38. The van der Waals surface area contributed by atoms with E-state index in [2.05, 4.69) is 10.5 Å². The minimum absolute atomic E-state index is 0.0560. The summed E-state index contributed by atoms with van der Waals surface area (Å²) in [6.45, 7) is 5.82. The van der Waals surface area contributed by atoms with Crippen molar-refractivity contribution in [3.63, 3.8) is 0 Å². The summed E-state index contributed by atoms with van der Waals surface area (Å²) >= 11 is 11.9. The molecule has 1 aromatic heterocycles. The predicted octanol–water partition coefficient (Wildman–Crippen LogP) is 4.46. The van der Waals surface area contributed by atoms with Crippen LogP contribution in [0.25, 0.3) is 0 Å². The zero-order chi connectivity index (χ0) is 20.6. The van der Waals surface area contributed by atoms with Crippen LogP contribution in [0.3, 0.4) is 0 Å². The minimum Gasteiger partial charge on any atom is -0.453 e. The van der Waals surface area contributed by atoms with Gasteiger partial charge in [-0.15, -0.1) is 0 Å². The Morgan fingerprint density at radius 1 is 1.29 bits per heavy atom. The number of esters is 1. The smallest absolute Gasteiger partial charge is 0.379 e. The second kappa shape index (κ2) is 7.48.